The van der Waals surface area contributed by atoms with Crippen LogP contribution in [0.3, 0.4) is 0 Å². The molecule has 2 rings (SSSR count). The molecular weight excluding hydrogens is 250 g/mol. The van der Waals surface area contributed by atoms with Crippen LogP contribution in [0.4, 0.5) is 0 Å². The molecule has 0 bridgehead atoms. The molecule has 0 heterocycles. The van der Waals surface area contributed by atoms with Gasteiger partial charge in [-0.3, -0.25) is 4.79 Å². The van der Waals surface area contributed by atoms with E-state index in [0.29, 0.717) is 6.04 Å². The SMILES string of the molecule is Cc1ccc(OC(C)C(=O)NC2CCCCC2)cc1C. The highest BCUT2D eigenvalue weighted by Gasteiger charge is 2.20. The first-order chi connectivity index (χ1) is 9.56. The molecular formula is C17H25NO2. The molecule has 1 aliphatic carbocycles. The van der Waals surface area contributed by atoms with Gasteiger partial charge in [-0.15, -0.1) is 0 Å². The summed E-state index contributed by atoms with van der Waals surface area (Å²) in [6.45, 7) is 5.93. The van der Waals surface area contributed by atoms with Crippen LogP contribution in [0.25, 0.3) is 0 Å². The molecule has 1 fully saturated rings. The molecule has 0 radical (unpaired) electrons. The number of amides is 1. The number of rotatable bonds is 4. The van der Waals surface area contributed by atoms with Crippen molar-refractivity contribution in [2.45, 2.75) is 65.0 Å². The Hall–Kier alpha value is -1.51. The van der Waals surface area contributed by atoms with Gasteiger partial charge >= 0.3 is 0 Å². The molecule has 20 heavy (non-hydrogen) atoms. The van der Waals surface area contributed by atoms with Crippen LogP contribution in [0, 0.1) is 13.8 Å². The van der Waals surface area contributed by atoms with Gasteiger partial charge in [0.05, 0.1) is 0 Å². The number of aryl methyl sites for hydroxylation is 2. The van der Waals surface area contributed by atoms with E-state index >= 15 is 0 Å². The van der Waals surface area contributed by atoms with Crippen LogP contribution in [-0.2, 0) is 4.79 Å². The van der Waals surface area contributed by atoms with Gasteiger partial charge in [-0.2, -0.15) is 0 Å². The van der Waals surface area contributed by atoms with Gasteiger partial charge in [-0.25, -0.2) is 0 Å². The number of carbonyl (C=O) groups is 1. The second-order valence-corrected chi connectivity index (χ2v) is 5.85. The summed E-state index contributed by atoms with van der Waals surface area (Å²) >= 11 is 0. The van der Waals surface area contributed by atoms with Gasteiger partial charge in [0.2, 0.25) is 0 Å². The van der Waals surface area contributed by atoms with Gasteiger partial charge in [-0.05, 0) is 56.9 Å². The van der Waals surface area contributed by atoms with Crippen molar-refractivity contribution in [3.05, 3.63) is 29.3 Å². The van der Waals surface area contributed by atoms with E-state index in [9.17, 15) is 4.79 Å². The second-order valence-electron chi connectivity index (χ2n) is 5.85. The highest BCUT2D eigenvalue weighted by Crippen LogP contribution is 2.19. The molecule has 3 nitrogen and oxygen atoms in total. The monoisotopic (exact) mass is 275 g/mol. The molecule has 1 unspecified atom stereocenters. The van der Waals surface area contributed by atoms with E-state index in [4.69, 9.17) is 4.74 Å². The Morgan fingerprint density at radius 2 is 1.90 bits per heavy atom. The summed E-state index contributed by atoms with van der Waals surface area (Å²) in [6.07, 6.45) is 5.49. The van der Waals surface area contributed by atoms with Crippen LogP contribution >= 0.6 is 0 Å². The van der Waals surface area contributed by atoms with Gasteiger partial charge in [0.25, 0.3) is 5.91 Å². The van der Waals surface area contributed by atoms with Crippen molar-refractivity contribution in [2.75, 3.05) is 0 Å². The molecule has 1 aromatic rings. The molecule has 1 amide bonds. The Bertz CT molecular complexity index is 464. The van der Waals surface area contributed by atoms with Gasteiger partial charge < -0.3 is 10.1 Å². The number of ether oxygens (including phenoxy) is 1. The molecule has 110 valence electrons. The van der Waals surface area contributed by atoms with E-state index in [1.165, 1.54) is 30.4 Å². The van der Waals surface area contributed by atoms with Crippen molar-refractivity contribution in [3.8, 4) is 5.75 Å². The lowest BCUT2D eigenvalue weighted by molar-refractivity contribution is -0.128. The average molecular weight is 275 g/mol. The summed E-state index contributed by atoms with van der Waals surface area (Å²) in [5, 5.41) is 3.10. The number of nitrogens with one attached hydrogen (secondary N) is 1. The molecule has 1 saturated carbocycles. The Kier molecular flexibility index (Phi) is 5.05. The molecule has 1 aliphatic rings. The summed E-state index contributed by atoms with van der Waals surface area (Å²) in [5.74, 6) is 0.759. The second kappa shape index (κ2) is 6.78. The van der Waals surface area contributed by atoms with Crippen LogP contribution in [-0.4, -0.2) is 18.1 Å². The van der Waals surface area contributed by atoms with Crippen LogP contribution in [0.2, 0.25) is 0 Å². The Morgan fingerprint density at radius 3 is 2.55 bits per heavy atom. The van der Waals surface area contributed by atoms with Crippen molar-refractivity contribution in [1.82, 2.24) is 5.32 Å². The predicted molar refractivity (Wildman–Crippen MR) is 81.0 cm³/mol. The molecule has 1 N–H and O–H groups in total. The number of carbonyl (C=O) groups excluding carboxylic acids is 1. The smallest absolute Gasteiger partial charge is 0.260 e. The van der Waals surface area contributed by atoms with E-state index in [1.807, 2.05) is 25.1 Å². The standard InChI is InChI=1S/C17H25NO2/c1-12-9-10-16(11-13(12)2)20-14(3)17(19)18-15-7-5-4-6-8-15/h9-11,14-15H,4-8H2,1-3H3,(H,18,19). The summed E-state index contributed by atoms with van der Waals surface area (Å²) in [5.41, 5.74) is 2.42. The van der Waals surface area contributed by atoms with Crippen LogP contribution in [0.5, 0.6) is 5.75 Å². The van der Waals surface area contributed by atoms with Crippen LogP contribution < -0.4 is 10.1 Å². The molecule has 0 aromatic heterocycles. The molecule has 1 aromatic carbocycles. The van der Waals surface area contributed by atoms with Gasteiger partial charge in [0, 0.05) is 6.04 Å². The van der Waals surface area contributed by atoms with Crippen molar-refractivity contribution < 1.29 is 9.53 Å². The van der Waals surface area contributed by atoms with Gasteiger partial charge in [0.1, 0.15) is 5.75 Å². The number of hydrogen-bond donors (Lipinski definition) is 1. The lowest BCUT2D eigenvalue weighted by atomic mass is 9.95. The number of benzene rings is 1. The lowest BCUT2D eigenvalue weighted by Crippen LogP contribution is -2.43. The summed E-state index contributed by atoms with van der Waals surface area (Å²) in [4.78, 5) is 12.1. The third kappa shape index (κ3) is 3.99. The van der Waals surface area contributed by atoms with Gasteiger partial charge in [-0.1, -0.05) is 25.3 Å². The van der Waals surface area contributed by atoms with Crippen molar-refractivity contribution in [3.63, 3.8) is 0 Å². The highest BCUT2D eigenvalue weighted by atomic mass is 16.5. The zero-order valence-electron chi connectivity index (χ0n) is 12.7. The highest BCUT2D eigenvalue weighted by molar-refractivity contribution is 5.81. The first kappa shape index (κ1) is 14.9. The third-order valence-electron chi connectivity index (χ3n) is 4.11. The molecule has 3 heteroatoms. The maximum atomic E-state index is 12.1. The fourth-order valence-electron chi connectivity index (χ4n) is 2.61. The maximum Gasteiger partial charge on any atom is 0.260 e. The normalized spacial score (nSPS) is 17.6. The summed E-state index contributed by atoms with van der Waals surface area (Å²) in [7, 11) is 0. The third-order valence-corrected chi connectivity index (χ3v) is 4.11. The summed E-state index contributed by atoms with van der Waals surface area (Å²) < 4.78 is 5.74. The molecule has 1 atom stereocenters. The molecule has 0 saturated heterocycles. The van der Waals surface area contributed by atoms with E-state index in [0.717, 1.165) is 18.6 Å². The van der Waals surface area contributed by atoms with Crippen LogP contribution in [0.1, 0.15) is 50.2 Å². The maximum absolute atomic E-state index is 12.1. The average Bonchev–Trinajstić information content (AvgIpc) is 2.44. The molecule has 0 spiro atoms. The zero-order chi connectivity index (χ0) is 14.5. The minimum Gasteiger partial charge on any atom is -0.481 e. The van der Waals surface area contributed by atoms with Crippen molar-refractivity contribution >= 4 is 5.91 Å². The van der Waals surface area contributed by atoms with E-state index < -0.39 is 6.10 Å². The Labute approximate surface area is 121 Å². The first-order valence-corrected chi connectivity index (χ1v) is 7.60. The fourth-order valence-corrected chi connectivity index (χ4v) is 2.61. The summed E-state index contributed by atoms with van der Waals surface area (Å²) in [6, 6.07) is 6.27. The number of hydrogen-bond acceptors (Lipinski definition) is 2. The van der Waals surface area contributed by atoms with E-state index in [1.54, 1.807) is 0 Å². The molecule has 0 aliphatic heterocycles. The predicted octanol–water partition coefficient (Wildman–Crippen LogP) is 3.52. The van der Waals surface area contributed by atoms with Gasteiger partial charge in [0.15, 0.2) is 6.10 Å². The van der Waals surface area contributed by atoms with Crippen molar-refractivity contribution in [1.29, 1.82) is 0 Å². The fraction of sp³-hybridized carbons (Fsp3) is 0.588. The Morgan fingerprint density at radius 1 is 1.20 bits per heavy atom. The zero-order valence-corrected chi connectivity index (χ0v) is 12.7. The lowest BCUT2D eigenvalue weighted by Gasteiger charge is -2.24. The van der Waals surface area contributed by atoms with E-state index in [2.05, 4.69) is 19.2 Å². The van der Waals surface area contributed by atoms with E-state index in [-0.39, 0.29) is 5.91 Å². The minimum atomic E-state index is -0.445. The van der Waals surface area contributed by atoms with Crippen molar-refractivity contribution in [2.24, 2.45) is 0 Å². The first-order valence-electron chi connectivity index (χ1n) is 7.60. The van der Waals surface area contributed by atoms with Crippen LogP contribution in [0.15, 0.2) is 18.2 Å². The minimum absolute atomic E-state index is 0.00451. The quantitative estimate of drug-likeness (QED) is 0.913. The Balaban J connectivity index is 1.88. The topological polar surface area (TPSA) is 38.3 Å². The largest absolute Gasteiger partial charge is 0.481 e.